The standard InChI is InChI=1S/C29H50ClNO8/c1-2-3-13-31-28-10-8-27(9-11-28)29(32)39-26-25-38-24-23-37-22-21-36-20-19-35-18-17-34-16-15-33-14-7-5-4-6-12-30/h8-11,31H,2-7,12-26H2,1H3. The smallest absolute Gasteiger partial charge is 0.338 e. The minimum Gasteiger partial charge on any atom is -0.460 e. The fourth-order valence-corrected chi connectivity index (χ4v) is 3.45. The zero-order valence-electron chi connectivity index (χ0n) is 23.8. The molecule has 0 unspecified atom stereocenters. The maximum absolute atomic E-state index is 12.1. The van der Waals surface area contributed by atoms with Crippen LogP contribution in [0.25, 0.3) is 0 Å². The number of rotatable bonds is 29. The van der Waals surface area contributed by atoms with Gasteiger partial charge in [-0.3, -0.25) is 0 Å². The molecule has 1 N–H and O–H groups in total. The molecule has 0 fully saturated rings. The molecular weight excluding hydrogens is 526 g/mol. The molecule has 10 heteroatoms. The summed E-state index contributed by atoms with van der Waals surface area (Å²) in [6, 6.07) is 7.31. The van der Waals surface area contributed by atoms with Crippen LogP contribution < -0.4 is 5.32 Å². The molecule has 39 heavy (non-hydrogen) atoms. The van der Waals surface area contributed by atoms with Crippen molar-refractivity contribution in [2.24, 2.45) is 0 Å². The Labute approximate surface area is 240 Å². The van der Waals surface area contributed by atoms with Crippen LogP contribution in [0.1, 0.15) is 55.8 Å². The summed E-state index contributed by atoms with van der Waals surface area (Å²) in [6.07, 6.45) is 6.74. The highest BCUT2D eigenvalue weighted by Gasteiger charge is 2.06. The van der Waals surface area contributed by atoms with Crippen molar-refractivity contribution in [2.45, 2.75) is 45.4 Å². The molecule has 1 aromatic carbocycles. The lowest BCUT2D eigenvalue weighted by Gasteiger charge is -2.09. The molecule has 0 amide bonds. The third kappa shape index (κ3) is 23.0. The van der Waals surface area contributed by atoms with Gasteiger partial charge in [-0.25, -0.2) is 4.79 Å². The molecule has 0 radical (unpaired) electrons. The van der Waals surface area contributed by atoms with Crippen LogP contribution in [-0.4, -0.2) is 104 Å². The van der Waals surface area contributed by atoms with Crippen LogP contribution in [0.3, 0.4) is 0 Å². The quantitative estimate of drug-likeness (QED) is 0.0808. The number of benzene rings is 1. The van der Waals surface area contributed by atoms with Crippen molar-refractivity contribution in [3.05, 3.63) is 29.8 Å². The largest absolute Gasteiger partial charge is 0.460 e. The zero-order valence-corrected chi connectivity index (χ0v) is 24.6. The molecule has 0 aliphatic carbocycles. The predicted octanol–water partition coefficient (Wildman–Crippen LogP) is 4.95. The van der Waals surface area contributed by atoms with Crippen LogP contribution >= 0.6 is 11.6 Å². The summed E-state index contributed by atoms with van der Waals surface area (Å²) in [7, 11) is 0. The average molecular weight is 576 g/mol. The van der Waals surface area contributed by atoms with Gasteiger partial charge in [0.15, 0.2) is 0 Å². The van der Waals surface area contributed by atoms with Crippen molar-refractivity contribution in [1.29, 1.82) is 0 Å². The van der Waals surface area contributed by atoms with Crippen molar-refractivity contribution in [3.63, 3.8) is 0 Å². The van der Waals surface area contributed by atoms with Crippen LogP contribution in [0.15, 0.2) is 24.3 Å². The van der Waals surface area contributed by atoms with Crippen LogP contribution in [-0.2, 0) is 33.2 Å². The van der Waals surface area contributed by atoms with Gasteiger partial charge in [-0.1, -0.05) is 26.2 Å². The average Bonchev–Trinajstić information content (AvgIpc) is 2.95. The Morgan fingerprint density at radius 3 is 1.56 bits per heavy atom. The van der Waals surface area contributed by atoms with Crippen LogP contribution in [0.2, 0.25) is 0 Å². The maximum Gasteiger partial charge on any atom is 0.338 e. The zero-order chi connectivity index (χ0) is 28.1. The van der Waals surface area contributed by atoms with E-state index in [0.29, 0.717) is 78.2 Å². The molecule has 1 aromatic rings. The van der Waals surface area contributed by atoms with Gasteiger partial charge >= 0.3 is 5.97 Å². The number of nitrogens with one attached hydrogen (secondary N) is 1. The first kappa shape index (κ1) is 35.6. The second kappa shape index (κ2) is 28.1. The van der Waals surface area contributed by atoms with E-state index in [1.54, 1.807) is 12.1 Å². The van der Waals surface area contributed by atoms with E-state index >= 15 is 0 Å². The van der Waals surface area contributed by atoms with Crippen molar-refractivity contribution < 1.29 is 38.0 Å². The van der Waals surface area contributed by atoms with E-state index < -0.39 is 0 Å². The number of alkyl halides is 1. The number of carbonyl (C=O) groups excluding carboxylic acids is 1. The summed E-state index contributed by atoms with van der Waals surface area (Å²) in [5.41, 5.74) is 1.53. The van der Waals surface area contributed by atoms with Crippen LogP contribution in [0, 0.1) is 0 Å². The summed E-state index contributed by atoms with van der Waals surface area (Å²) in [5.74, 6) is 0.389. The van der Waals surface area contributed by atoms with Gasteiger partial charge in [-0.15, -0.1) is 11.6 Å². The highest BCUT2D eigenvalue weighted by atomic mass is 35.5. The normalized spacial score (nSPS) is 11.1. The highest BCUT2D eigenvalue weighted by Crippen LogP contribution is 2.11. The molecule has 0 bridgehead atoms. The van der Waals surface area contributed by atoms with Gasteiger partial charge in [0.2, 0.25) is 0 Å². The molecule has 0 atom stereocenters. The SMILES string of the molecule is CCCCNc1ccc(C(=O)OCCOCCOCCOCCOCCOCCOCCCCCCCl)cc1. The molecule has 0 aliphatic rings. The van der Waals surface area contributed by atoms with Crippen LogP contribution in [0.5, 0.6) is 0 Å². The first-order valence-electron chi connectivity index (χ1n) is 14.3. The number of hydrogen-bond donors (Lipinski definition) is 1. The first-order chi connectivity index (χ1) is 19.3. The molecule has 226 valence electrons. The van der Waals surface area contributed by atoms with E-state index in [4.69, 9.17) is 44.8 Å². The van der Waals surface area contributed by atoms with Crippen molar-refractivity contribution >= 4 is 23.3 Å². The highest BCUT2D eigenvalue weighted by molar-refractivity contribution is 6.17. The van der Waals surface area contributed by atoms with E-state index in [-0.39, 0.29) is 12.6 Å². The predicted molar refractivity (Wildman–Crippen MR) is 154 cm³/mol. The Hall–Kier alpha value is -1.46. The lowest BCUT2D eigenvalue weighted by Crippen LogP contribution is -2.15. The fourth-order valence-electron chi connectivity index (χ4n) is 3.26. The number of halogens is 1. The molecule has 0 spiro atoms. The second-order valence-electron chi connectivity index (χ2n) is 8.77. The Bertz CT molecular complexity index is 665. The molecule has 0 aromatic heterocycles. The molecule has 9 nitrogen and oxygen atoms in total. The van der Waals surface area contributed by atoms with E-state index in [1.165, 1.54) is 12.8 Å². The van der Waals surface area contributed by atoms with Gasteiger partial charge in [0.1, 0.15) is 6.61 Å². The Morgan fingerprint density at radius 1 is 0.615 bits per heavy atom. The molecular formula is C29H50ClNO8. The molecule has 0 saturated carbocycles. The number of esters is 1. The second-order valence-corrected chi connectivity index (χ2v) is 9.15. The Kier molecular flexibility index (Phi) is 25.6. The number of ether oxygens (including phenoxy) is 7. The monoisotopic (exact) mass is 575 g/mol. The van der Waals surface area contributed by atoms with E-state index in [2.05, 4.69) is 12.2 Å². The van der Waals surface area contributed by atoms with Crippen molar-refractivity contribution in [3.8, 4) is 0 Å². The van der Waals surface area contributed by atoms with Gasteiger partial charge in [0.05, 0.1) is 78.2 Å². The lowest BCUT2D eigenvalue weighted by molar-refractivity contribution is -0.0194. The van der Waals surface area contributed by atoms with Crippen LogP contribution in [0.4, 0.5) is 5.69 Å². The summed E-state index contributed by atoms with van der Waals surface area (Å²) in [6.45, 7) is 9.55. The third-order valence-corrected chi connectivity index (χ3v) is 5.74. The van der Waals surface area contributed by atoms with E-state index in [1.807, 2.05) is 12.1 Å². The van der Waals surface area contributed by atoms with E-state index in [9.17, 15) is 4.79 Å². The number of hydrogen-bond acceptors (Lipinski definition) is 9. The van der Waals surface area contributed by atoms with Crippen molar-refractivity contribution in [1.82, 2.24) is 0 Å². The summed E-state index contributed by atoms with van der Waals surface area (Å²) < 4.78 is 38.1. The summed E-state index contributed by atoms with van der Waals surface area (Å²) in [4.78, 5) is 12.1. The molecule has 1 rings (SSSR count). The van der Waals surface area contributed by atoms with Gasteiger partial charge in [0.25, 0.3) is 0 Å². The van der Waals surface area contributed by atoms with Gasteiger partial charge in [-0.2, -0.15) is 0 Å². The number of anilines is 1. The van der Waals surface area contributed by atoms with E-state index in [0.717, 1.165) is 50.4 Å². The Morgan fingerprint density at radius 2 is 1.08 bits per heavy atom. The van der Waals surface area contributed by atoms with Crippen molar-refractivity contribution in [2.75, 3.05) is 104 Å². The first-order valence-corrected chi connectivity index (χ1v) is 14.8. The lowest BCUT2D eigenvalue weighted by atomic mass is 10.2. The third-order valence-electron chi connectivity index (χ3n) is 5.47. The van der Waals surface area contributed by atoms with Gasteiger partial charge in [0, 0.05) is 24.7 Å². The van der Waals surface area contributed by atoms with Gasteiger partial charge in [-0.05, 0) is 43.5 Å². The topological polar surface area (TPSA) is 93.7 Å². The Balaban J connectivity index is 1.77. The molecule has 0 heterocycles. The molecule has 0 aliphatic heterocycles. The minimum atomic E-state index is -0.353. The number of carbonyl (C=O) groups is 1. The maximum atomic E-state index is 12.1. The fraction of sp³-hybridized carbons (Fsp3) is 0.759. The summed E-state index contributed by atoms with van der Waals surface area (Å²) in [5, 5.41) is 3.32. The minimum absolute atomic E-state index is 0.201. The van der Waals surface area contributed by atoms with Gasteiger partial charge < -0.3 is 38.5 Å². The summed E-state index contributed by atoms with van der Waals surface area (Å²) >= 11 is 5.64. The molecule has 0 saturated heterocycles. The number of unbranched alkanes of at least 4 members (excludes halogenated alkanes) is 4.